The van der Waals surface area contributed by atoms with Gasteiger partial charge in [0.05, 0.1) is 32.4 Å². The number of nitrogens with one attached hydrogen (secondary N) is 1. The fourth-order valence-corrected chi connectivity index (χ4v) is 5.38. The fraction of sp³-hybridized carbons (Fsp3) is 0.630. The third-order valence-corrected chi connectivity index (χ3v) is 7.21. The number of carboxylic acid groups (broad SMARTS) is 1. The fourth-order valence-electron chi connectivity index (χ4n) is 5.38. The van der Waals surface area contributed by atoms with E-state index in [1.54, 1.807) is 7.11 Å². The molecule has 9 nitrogen and oxygen atoms in total. The van der Waals surface area contributed by atoms with Crippen LogP contribution in [0.1, 0.15) is 36.9 Å². The maximum atomic E-state index is 8.36. The van der Waals surface area contributed by atoms with Gasteiger partial charge in [0.2, 0.25) is 0 Å². The molecule has 1 aromatic carbocycles. The van der Waals surface area contributed by atoms with E-state index in [9.17, 15) is 0 Å². The van der Waals surface area contributed by atoms with Gasteiger partial charge in [-0.05, 0) is 63.2 Å². The highest BCUT2D eigenvalue weighted by molar-refractivity contribution is 5.96. The summed E-state index contributed by atoms with van der Waals surface area (Å²) in [5.41, 5.74) is 4.85. The van der Waals surface area contributed by atoms with Crippen molar-refractivity contribution in [1.29, 1.82) is 0 Å². The second-order valence-corrected chi connectivity index (χ2v) is 9.52. The van der Waals surface area contributed by atoms with E-state index >= 15 is 0 Å². The number of carbonyl (C=O) groups is 1. The zero-order chi connectivity index (χ0) is 25.2. The molecule has 2 N–H and O–H groups in total. The van der Waals surface area contributed by atoms with Crippen molar-refractivity contribution in [2.75, 3.05) is 78.1 Å². The Kier molecular flexibility index (Phi) is 10.0. The van der Waals surface area contributed by atoms with E-state index in [0.29, 0.717) is 6.61 Å². The second-order valence-electron chi connectivity index (χ2n) is 9.52. The van der Waals surface area contributed by atoms with Crippen LogP contribution in [0.15, 0.2) is 12.1 Å². The minimum Gasteiger partial charge on any atom is -0.493 e. The third-order valence-electron chi connectivity index (χ3n) is 7.21. The lowest BCUT2D eigenvalue weighted by Crippen LogP contribution is -2.39. The highest BCUT2D eigenvalue weighted by Gasteiger charge is 2.22. The van der Waals surface area contributed by atoms with Gasteiger partial charge in [-0.15, -0.1) is 0 Å². The number of rotatable bonds is 10. The van der Waals surface area contributed by atoms with Gasteiger partial charge in [-0.25, -0.2) is 0 Å². The van der Waals surface area contributed by atoms with E-state index in [2.05, 4.69) is 27.2 Å². The van der Waals surface area contributed by atoms with Crippen LogP contribution in [0, 0.1) is 0 Å². The van der Waals surface area contributed by atoms with Gasteiger partial charge in [-0.3, -0.25) is 14.7 Å². The first kappa shape index (κ1) is 26.4. The molecule has 0 saturated carbocycles. The first-order valence-corrected chi connectivity index (χ1v) is 13.2. The van der Waals surface area contributed by atoms with Crippen LogP contribution in [0.3, 0.4) is 0 Å². The summed E-state index contributed by atoms with van der Waals surface area (Å²) in [6, 6.07) is 4.20. The van der Waals surface area contributed by atoms with Crippen LogP contribution in [0.5, 0.6) is 11.5 Å². The number of fused-ring (bicyclic) bond motifs is 2. The summed E-state index contributed by atoms with van der Waals surface area (Å²) in [5, 5.41) is 11.8. The number of anilines is 1. The average molecular weight is 501 g/mol. The Morgan fingerprint density at radius 1 is 1.06 bits per heavy atom. The number of benzene rings is 1. The Morgan fingerprint density at radius 2 is 1.81 bits per heavy atom. The molecule has 0 unspecified atom stereocenters. The third kappa shape index (κ3) is 6.78. The molecular formula is C27H40N4O5. The monoisotopic (exact) mass is 500 g/mol. The minimum atomic E-state index is -0.250. The summed E-state index contributed by atoms with van der Waals surface area (Å²) in [6.45, 7) is 9.68. The Hall–Kier alpha value is -2.62. The van der Waals surface area contributed by atoms with Crippen molar-refractivity contribution >= 4 is 23.1 Å². The first-order valence-electron chi connectivity index (χ1n) is 13.2. The van der Waals surface area contributed by atoms with E-state index in [0.717, 1.165) is 87.6 Å². The van der Waals surface area contributed by atoms with E-state index in [1.807, 2.05) is 0 Å². The topological polar surface area (TPSA) is 96.4 Å². The molecule has 5 rings (SSSR count). The Morgan fingerprint density at radius 3 is 2.56 bits per heavy atom. The van der Waals surface area contributed by atoms with Crippen LogP contribution in [-0.4, -0.2) is 99.1 Å². The maximum Gasteiger partial charge on any atom is 0.290 e. The molecular weight excluding hydrogens is 460 g/mol. The molecule has 9 heteroatoms. The first-order chi connectivity index (χ1) is 17.7. The summed E-state index contributed by atoms with van der Waals surface area (Å²) in [7, 11) is 1.73. The van der Waals surface area contributed by atoms with Crippen molar-refractivity contribution in [2.45, 2.75) is 38.5 Å². The summed E-state index contributed by atoms with van der Waals surface area (Å²) in [5.74, 6) is 1.59. The van der Waals surface area contributed by atoms with E-state index in [4.69, 9.17) is 29.1 Å². The molecule has 0 atom stereocenters. The quantitative estimate of drug-likeness (QED) is 0.377. The van der Waals surface area contributed by atoms with Crippen molar-refractivity contribution in [1.82, 2.24) is 14.8 Å². The van der Waals surface area contributed by atoms with Gasteiger partial charge in [-0.1, -0.05) is 0 Å². The van der Waals surface area contributed by atoms with Crippen LogP contribution in [0.25, 0.3) is 10.9 Å². The zero-order valence-electron chi connectivity index (χ0n) is 21.5. The van der Waals surface area contributed by atoms with Crippen LogP contribution >= 0.6 is 0 Å². The van der Waals surface area contributed by atoms with E-state index in [-0.39, 0.29) is 6.47 Å². The van der Waals surface area contributed by atoms with E-state index < -0.39 is 0 Å². The number of morpholine rings is 1. The van der Waals surface area contributed by atoms with Crippen LogP contribution in [0.4, 0.5) is 5.69 Å². The van der Waals surface area contributed by atoms with Gasteiger partial charge < -0.3 is 29.5 Å². The average Bonchev–Trinajstić information content (AvgIpc) is 3.59. The van der Waals surface area contributed by atoms with Gasteiger partial charge in [0, 0.05) is 55.6 Å². The molecule has 0 amide bonds. The molecule has 198 valence electrons. The van der Waals surface area contributed by atoms with Gasteiger partial charge >= 0.3 is 0 Å². The van der Waals surface area contributed by atoms with Crippen molar-refractivity contribution in [3.05, 3.63) is 23.4 Å². The Labute approximate surface area is 213 Å². The van der Waals surface area contributed by atoms with Gasteiger partial charge in [0.25, 0.3) is 6.47 Å². The summed E-state index contributed by atoms with van der Waals surface area (Å²) < 4.78 is 17.4. The molecule has 0 radical (unpaired) electrons. The lowest BCUT2D eigenvalue weighted by atomic mass is 10.1. The standard InChI is InChI=1S/C26H38N4O3.CH2O2/c1-31-24-18-21-23(19-25(24)33-15-5-11-29-9-2-3-10-29)28-22-7-4-6-20(22)26(21)27-8-12-30-13-16-32-17-14-30;2-1-3/h18-19H,2-17H2,1H3,(H,27,28);1H,(H,2,3). The maximum absolute atomic E-state index is 8.36. The predicted molar refractivity (Wildman–Crippen MR) is 141 cm³/mol. The number of likely N-dealkylation sites (tertiary alicyclic amines) is 1. The summed E-state index contributed by atoms with van der Waals surface area (Å²) in [4.78, 5) is 18.4. The van der Waals surface area contributed by atoms with Crippen LogP contribution < -0.4 is 14.8 Å². The lowest BCUT2D eigenvalue weighted by Gasteiger charge is -2.27. The molecule has 1 aromatic heterocycles. The van der Waals surface area contributed by atoms with Crippen LogP contribution in [-0.2, 0) is 22.4 Å². The normalized spacial score (nSPS) is 17.9. The highest BCUT2D eigenvalue weighted by atomic mass is 16.5. The summed E-state index contributed by atoms with van der Waals surface area (Å²) >= 11 is 0. The molecule has 2 saturated heterocycles. The van der Waals surface area contributed by atoms with Crippen molar-refractivity contribution < 1.29 is 24.1 Å². The number of nitrogens with zero attached hydrogens (tertiary/aromatic N) is 3. The number of hydrogen-bond acceptors (Lipinski definition) is 8. The van der Waals surface area contributed by atoms with Gasteiger partial charge in [-0.2, -0.15) is 0 Å². The minimum absolute atomic E-state index is 0.250. The molecule has 0 spiro atoms. The predicted octanol–water partition coefficient (Wildman–Crippen LogP) is 3.04. The number of ether oxygens (including phenoxy) is 3. The largest absolute Gasteiger partial charge is 0.493 e. The van der Waals surface area contributed by atoms with Crippen molar-refractivity contribution in [2.24, 2.45) is 0 Å². The molecule has 3 aliphatic rings. The smallest absolute Gasteiger partial charge is 0.290 e. The number of hydrogen-bond donors (Lipinski definition) is 2. The highest BCUT2D eigenvalue weighted by Crippen LogP contribution is 2.39. The molecule has 2 fully saturated rings. The van der Waals surface area contributed by atoms with Gasteiger partial charge in [0.15, 0.2) is 11.5 Å². The Balaban J connectivity index is 0.000000967. The molecule has 3 heterocycles. The Bertz CT molecular complexity index is 990. The molecule has 2 aliphatic heterocycles. The zero-order valence-corrected chi connectivity index (χ0v) is 21.5. The second kappa shape index (κ2) is 13.6. The molecule has 36 heavy (non-hydrogen) atoms. The van der Waals surface area contributed by atoms with Gasteiger partial charge in [0.1, 0.15) is 0 Å². The summed E-state index contributed by atoms with van der Waals surface area (Å²) in [6.07, 6.45) is 7.02. The lowest BCUT2D eigenvalue weighted by molar-refractivity contribution is -0.122. The molecule has 0 bridgehead atoms. The van der Waals surface area contributed by atoms with E-state index in [1.165, 1.54) is 49.3 Å². The number of aromatic nitrogens is 1. The molecule has 2 aromatic rings. The van der Waals surface area contributed by atoms with Crippen LogP contribution in [0.2, 0.25) is 0 Å². The number of aryl methyl sites for hydroxylation is 1. The van der Waals surface area contributed by atoms with Crippen molar-refractivity contribution in [3.63, 3.8) is 0 Å². The molecule has 1 aliphatic carbocycles. The number of pyridine rings is 1. The van der Waals surface area contributed by atoms with Crippen molar-refractivity contribution in [3.8, 4) is 11.5 Å². The SMILES string of the molecule is COc1cc2c(NCCN3CCOCC3)c3c(nc2cc1OCCCN1CCCC1)CCC3.O=CO. The number of methoxy groups -OCH3 is 1.